The third-order valence-electron chi connectivity index (χ3n) is 3.51. The molecule has 0 radical (unpaired) electrons. The number of rotatable bonds is 6. The monoisotopic (exact) mass is 329 g/mol. The van der Waals surface area contributed by atoms with Crippen molar-refractivity contribution in [2.75, 3.05) is 13.2 Å². The van der Waals surface area contributed by atoms with Crippen molar-refractivity contribution in [3.63, 3.8) is 0 Å². The van der Waals surface area contributed by atoms with Gasteiger partial charge in [0.2, 0.25) is 0 Å². The second-order valence-electron chi connectivity index (χ2n) is 5.98. The van der Waals surface area contributed by atoms with Crippen LogP contribution in [0.2, 0.25) is 0 Å². The molecule has 1 heterocycles. The summed E-state index contributed by atoms with van der Waals surface area (Å²) in [7, 11) is 0. The Bertz CT molecular complexity index is 677. The summed E-state index contributed by atoms with van der Waals surface area (Å²) < 4.78 is 5.58. The molecule has 1 aromatic heterocycles. The van der Waals surface area contributed by atoms with Gasteiger partial charge < -0.3 is 15.6 Å². The van der Waals surface area contributed by atoms with Gasteiger partial charge >= 0.3 is 0 Å². The summed E-state index contributed by atoms with van der Waals surface area (Å²) in [4.78, 5) is 2.26. The van der Waals surface area contributed by atoms with Gasteiger partial charge in [-0.15, -0.1) is 11.3 Å². The standard InChI is InChI=1S/C19H23NO2S/c1-15-5-7-16(8-6-15)22-13-3-4-17-9-10-18(23-17)11-12-19(2,20)14-21/h5-10,21H,11-14,20H2,1-2H3. The van der Waals surface area contributed by atoms with Gasteiger partial charge in [0.1, 0.15) is 12.4 Å². The van der Waals surface area contributed by atoms with E-state index in [9.17, 15) is 5.11 Å². The number of nitrogens with two attached hydrogens (primary N) is 1. The van der Waals surface area contributed by atoms with Crippen molar-refractivity contribution in [2.24, 2.45) is 5.73 Å². The maximum Gasteiger partial charge on any atom is 0.149 e. The molecule has 0 saturated carbocycles. The number of hydrogen-bond acceptors (Lipinski definition) is 4. The lowest BCUT2D eigenvalue weighted by Gasteiger charge is -2.20. The zero-order valence-electron chi connectivity index (χ0n) is 13.6. The zero-order chi connectivity index (χ0) is 16.7. The Morgan fingerprint density at radius 3 is 2.65 bits per heavy atom. The Hall–Kier alpha value is -1.80. The fraction of sp³-hybridized carbons (Fsp3) is 0.368. The fourth-order valence-electron chi connectivity index (χ4n) is 1.94. The van der Waals surface area contributed by atoms with Crippen LogP contribution in [0.1, 0.15) is 28.7 Å². The molecule has 1 aromatic carbocycles. The minimum absolute atomic E-state index is 0.00138. The second kappa shape index (κ2) is 8.16. The number of ether oxygens (including phenoxy) is 1. The number of aryl methyl sites for hydroxylation is 2. The lowest BCUT2D eigenvalue weighted by atomic mass is 9.98. The molecular formula is C19H23NO2S. The quantitative estimate of drug-likeness (QED) is 0.801. The SMILES string of the molecule is Cc1ccc(OCC#Cc2ccc(CCC(C)(N)CO)s2)cc1. The summed E-state index contributed by atoms with van der Waals surface area (Å²) >= 11 is 1.67. The summed E-state index contributed by atoms with van der Waals surface area (Å²) in [6, 6.07) is 12.0. The van der Waals surface area contributed by atoms with E-state index in [2.05, 4.69) is 17.9 Å². The highest BCUT2D eigenvalue weighted by Crippen LogP contribution is 2.19. The number of aliphatic hydroxyl groups excluding tert-OH is 1. The average Bonchev–Trinajstić information content (AvgIpc) is 2.99. The minimum atomic E-state index is -0.516. The van der Waals surface area contributed by atoms with Crippen LogP contribution in [0.3, 0.4) is 0 Å². The molecule has 0 spiro atoms. The Labute approximate surface area is 142 Å². The van der Waals surface area contributed by atoms with Crippen molar-refractivity contribution in [3.8, 4) is 17.6 Å². The van der Waals surface area contributed by atoms with Gasteiger partial charge in [-0.05, 0) is 51.0 Å². The molecule has 1 atom stereocenters. The van der Waals surface area contributed by atoms with E-state index >= 15 is 0 Å². The lowest BCUT2D eigenvalue weighted by molar-refractivity contribution is 0.201. The molecule has 122 valence electrons. The minimum Gasteiger partial charge on any atom is -0.481 e. The predicted molar refractivity (Wildman–Crippen MR) is 95.9 cm³/mol. The summed E-state index contributed by atoms with van der Waals surface area (Å²) in [5, 5.41) is 9.17. The summed E-state index contributed by atoms with van der Waals surface area (Å²) in [6.45, 7) is 4.29. The molecule has 0 aliphatic carbocycles. The van der Waals surface area contributed by atoms with Crippen LogP contribution in [0.5, 0.6) is 5.75 Å². The highest BCUT2D eigenvalue weighted by molar-refractivity contribution is 7.12. The normalized spacial score (nSPS) is 13.0. The van der Waals surface area contributed by atoms with Crippen molar-refractivity contribution in [2.45, 2.75) is 32.2 Å². The van der Waals surface area contributed by atoms with Crippen LogP contribution in [0, 0.1) is 18.8 Å². The van der Waals surface area contributed by atoms with Gasteiger partial charge in [-0.2, -0.15) is 0 Å². The van der Waals surface area contributed by atoms with Gasteiger partial charge in [0.25, 0.3) is 0 Å². The van der Waals surface area contributed by atoms with Crippen molar-refractivity contribution in [1.82, 2.24) is 0 Å². The van der Waals surface area contributed by atoms with Crippen LogP contribution < -0.4 is 10.5 Å². The Morgan fingerprint density at radius 2 is 1.96 bits per heavy atom. The Kier molecular flexibility index (Phi) is 6.23. The molecule has 3 nitrogen and oxygen atoms in total. The van der Waals surface area contributed by atoms with E-state index in [1.165, 1.54) is 10.4 Å². The maximum atomic E-state index is 9.17. The summed E-state index contributed by atoms with van der Waals surface area (Å²) in [6.07, 6.45) is 1.62. The Balaban J connectivity index is 1.81. The zero-order valence-corrected chi connectivity index (χ0v) is 14.5. The fourth-order valence-corrected chi connectivity index (χ4v) is 2.83. The van der Waals surface area contributed by atoms with E-state index in [0.717, 1.165) is 23.5 Å². The number of hydrogen-bond donors (Lipinski definition) is 2. The molecule has 0 aliphatic heterocycles. The van der Waals surface area contributed by atoms with E-state index in [-0.39, 0.29) is 6.61 Å². The number of thiophene rings is 1. The summed E-state index contributed by atoms with van der Waals surface area (Å²) in [5.41, 5.74) is 6.64. The van der Waals surface area contributed by atoms with Crippen LogP contribution in [0.15, 0.2) is 36.4 Å². The van der Waals surface area contributed by atoms with Gasteiger partial charge in [0, 0.05) is 10.4 Å². The highest BCUT2D eigenvalue weighted by Gasteiger charge is 2.16. The molecule has 2 aromatic rings. The van der Waals surface area contributed by atoms with Crippen LogP contribution in [0.4, 0.5) is 0 Å². The molecule has 0 saturated heterocycles. The molecule has 0 bridgehead atoms. The van der Waals surface area contributed by atoms with Gasteiger partial charge in [-0.25, -0.2) is 0 Å². The first-order valence-corrected chi connectivity index (χ1v) is 8.47. The van der Waals surface area contributed by atoms with Gasteiger partial charge in [0.05, 0.1) is 11.5 Å². The lowest BCUT2D eigenvalue weighted by Crippen LogP contribution is -2.40. The smallest absolute Gasteiger partial charge is 0.149 e. The van der Waals surface area contributed by atoms with Crippen LogP contribution in [-0.4, -0.2) is 23.9 Å². The molecular weight excluding hydrogens is 306 g/mol. The van der Waals surface area contributed by atoms with E-state index in [0.29, 0.717) is 6.61 Å². The first kappa shape index (κ1) is 17.6. The molecule has 0 aliphatic rings. The van der Waals surface area contributed by atoms with Gasteiger partial charge in [-0.1, -0.05) is 29.5 Å². The molecule has 2 rings (SSSR count). The van der Waals surface area contributed by atoms with E-state index < -0.39 is 5.54 Å². The van der Waals surface area contributed by atoms with Crippen molar-refractivity contribution >= 4 is 11.3 Å². The second-order valence-corrected chi connectivity index (χ2v) is 7.15. The highest BCUT2D eigenvalue weighted by atomic mass is 32.1. The molecule has 4 heteroatoms. The Morgan fingerprint density at radius 1 is 1.22 bits per heavy atom. The predicted octanol–water partition coefficient (Wildman–Crippen LogP) is 3.13. The van der Waals surface area contributed by atoms with Crippen LogP contribution >= 0.6 is 11.3 Å². The third kappa shape index (κ3) is 6.07. The van der Waals surface area contributed by atoms with Gasteiger partial charge in [0.15, 0.2) is 0 Å². The molecule has 0 amide bonds. The third-order valence-corrected chi connectivity index (χ3v) is 4.57. The van der Waals surface area contributed by atoms with E-state index in [4.69, 9.17) is 10.5 Å². The average molecular weight is 329 g/mol. The van der Waals surface area contributed by atoms with E-state index in [1.54, 1.807) is 11.3 Å². The topological polar surface area (TPSA) is 55.5 Å². The number of aliphatic hydroxyl groups is 1. The van der Waals surface area contributed by atoms with E-state index in [1.807, 2.05) is 44.2 Å². The first-order valence-electron chi connectivity index (χ1n) is 7.65. The molecule has 0 fully saturated rings. The molecule has 3 N–H and O–H groups in total. The van der Waals surface area contributed by atoms with Crippen molar-refractivity contribution in [3.05, 3.63) is 51.7 Å². The largest absolute Gasteiger partial charge is 0.481 e. The molecule has 23 heavy (non-hydrogen) atoms. The van der Waals surface area contributed by atoms with Crippen LogP contribution in [0.25, 0.3) is 0 Å². The van der Waals surface area contributed by atoms with Gasteiger partial charge in [-0.3, -0.25) is 0 Å². The molecule has 1 unspecified atom stereocenters. The summed E-state index contributed by atoms with van der Waals surface area (Å²) in [5.74, 6) is 6.99. The first-order chi connectivity index (χ1) is 11.0. The number of benzene rings is 1. The van der Waals surface area contributed by atoms with Crippen LogP contribution in [-0.2, 0) is 6.42 Å². The van der Waals surface area contributed by atoms with Crippen molar-refractivity contribution < 1.29 is 9.84 Å². The van der Waals surface area contributed by atoms with Crippen molar-refractivity contribution in [1.29, 1.82) is 0 Å². The maximum absolute atomic E-state index is 9.17.